The summed E-state index contributed by atoms with van der Waals surface area (Å²) in [7, 11) is 4.93. The van der Waals surface area contributed by atoms with Crippen LogP contribution in [0.2, 0.25) is 0 Å². The van der Waals surface area contributed by atoms with Gasteiger partial charge in [0.25, 0.3) is 0 Å². The van der Waals surface area contributed by atoms with Gasteiger partial charge in [0.05, 0.1) is 42.9 Å². The fraction of sp³-hybridized carbons (Fsp3) is 0.421. The second-order valence-corrected chi connectivity index (χ2v) is 6.60. The second kappa shape index (κ2) is 7.30. The van der Waals surface area contributed by atoms with Gasteiger partial charge in [0, 0.05) is 26.1 Å². The number of rotatable bonds is 5. The minimum absolute atomic E-state index is 0.113. The number of carbonyl (C=O) groups excluding carboxylic acids is 2. The zero-order chi connectivity index (χ0) is 19.7. The fourth-order valence-electron chi connectivity index (χ4n) is 3.30. The molecular formula is C19H24N4O4. The molecule has 3 rings (SSSR count). The zero-order valence-corrected chi connectivity index (χ0v) is 16.2. The molecule has 8 heteroatoms. The highest BCUT2D eigenvalue weighted by atomic mass is 16.5. The van der Waals surface area contributed by atoms with Crippen LogP contribution in [0.5, 0.6) is 11.5 Å². The van der Waals surface area contributed by atoms with Crippen molar-refractivity contribution in [1.82, 2.24) is 9.78 Å². The van der Waals surface area contributed by atoms with Gasteiger partial charge in [-0.2, -0.15) is 5.10 Å². The molecule has 1 aliphatic heterocycles. The number of nitrogens with one attached hydrogen (secondary N) is 1. The molecule has 0 saturated carbocycles. The average molecular weight is 372 g/mol. The molecule has 0 bridgehead atoms. The first-order valence-electron chi connectivity index (χ1n) is 8.69. The van der Waals surface area contributed by atoms with Crippen molar-refractivity contribution in [2.45, 2.75) is 20.3 Å². The summed E-state index contributed by atoms with van der Waals surface area (Å²) in [6, 6.07) is 5.25. The smallest absolute Gasteiger partial charge is 0.229 e. The number of aryl methyl sites for hydroxylation is 2. The second-order valence-electron chi connectivity index (χ2n) is 6.60. The molecule has 1 aromatic carbocycles. The standard InChI is InChI=1S/C19H24N4O4/c1-11-18(12(2)22(3)21-11)20-19(25)13-8-17(24)23(10-13)15-7-6-14(26-4)9-16(15)27-5/h6-7,9,13H,8,10H2,1-5H3,(H,20,25)/t13-/m0/s1. The molecule has 2 aromatic rings. The van der Waals surface area contributed by atoms with Gasteiger partial charge in [-0.05, 0) is 26.0 Å². The summed E-state index contributed by atoms with van der Waals surface area (Å²) in [4.78, 5) is 26.9. The Hall–Kier alpha value is -3.03. The van der Waals surface area contributed by atoms with Crippen LogP contribution < -0.4 is 19.7 Å². The van der Waals surface area contributed by atoms with Crippen LogP contribution in [0.15, 0.2) is 18.2 Å². The highest BCUT2D eigenvalue weighted by molar-refractivity contribution is 6.04. The molecule has 1 saturated heterocycles. The van der Waals surface area contributed by atoms with Gasteiger partial charge in [-0.3, -0.25) is 14.3 Å². The van der Waals surface area contributed by atoms with E-state index >= 15 is 0 Å². The zero-order valence-electron chi connectivity index (χ0n) is 16.2. The van der Waals surface area contributed by atoms with Crippen LogP contribution >= 0.6 is 0 Å². The van der Waals surface area contributed by atoms with Crippen molar-refractivity contribution >= 4 is 23.2 Å². The van der Waals surface area contributed by atoms with Crippen LogP contribution in [0.25, 0.3) is 0 Å². The molecule has 27 heavy (non-hydrogen) atoms. The van der Waals surface area contributed by atoms with E-state index in [-0.39, 0.29) is 18.2 Å². The quantitative estimate of drug-likeness (QED) is 0.868. The Balaban J connectivity index is 1.78. The molecule has 0 radical (unpaired) electrons. The predicted octanol–water partition coefficient (Wildman–Crippen LogP) is 2.05. The molecule has 144 valence electrons. The van der Waals surface area contributed by atoms with Gasteiger partial charge in [-0.1, -0.05) is 0 Å². The number of carbonyl (C=O) groups is 2. The van der Waals surface area contributed by atoms with E-state index < -0.39 is 5.92 Å². The van der Waals surface area contributed by atoms with Gasteiger partial charge in [-0.25, -0.2) is 0 Å². The Morgan fingerprint density at radius 2 is 2.00 bits per heavy atom. The van der Waals surface area contributed by atoms with Gasteiger partial charge in [0.2, 0.25) is 11.8 Å². The predicted molar refractivity (Wildman–Crippen MR) is 101 cm³/mol. The Labute approximate surface area is 158 Å². The minimum atomic E-state index is -0.441. The fourth-order valence-corrected chi connectivity index (χ4v) is 3.30. The van der Waals surface area contributed by atoms with Crippen LogP contribution in [-0.2, 0) is 16.6 Å². The summed E-state index contributed by atoms with van der Waals surface area (Å²) in [5, 5.41) is 7.23. The third-order valence-corrected chi connectivity index (χ3v) is 4.93. The van der Waals surface area contributed by atoms with Gasteiger partial charge < -0.3 is 19.7 Å². The van der Waals surface area contributed by atoms with Crippen molar-refractivity contribution in [2.75, 3.05) is 31.0 Å². The molecule has 2 heterocycles. The lowest BCUT2D eigenvalue weighted by atomic mass is 10.1. The van der Waals surface area contributed by atoms with E-state index in [2.05, 4.69) is 10.4 Å². The van der Waals surface area contributed by atoms with Crippen LogP contribution in [0.3, 0.4) is 0 Å². The number of amides is 2. The average Bonchev–Trinajstić information content (AvgIpc) is 3.15. The molecular weight excluding hydrogens is 348 g/mol. The lowest BCUT2D eigenvalue weighted by molar-refractivity contribution is -0.122. The van der Waals surface area contributed by atoms with E-state index in [0.717, 1.165) is 11.4 Å². The number of aromatic nitrogens is 2. The first-order valence-corrected chi connectivity index (χ1v) is 8.69. The third kappa shape index (κ3) is 3.47. The Kier molecular flexibility index (Phi) is 5.07. The summed E-state index contributed by atoms with van der Waals surface area (Å²) in [6.45, 7) is 4.03. The van der Waals surface area contributed by atoms with Crippen molar-refractivity contribution in [3.05, 3.63) is 29.6 Å². The Bertz CT molecular complexity index is 890. The number of benzene rings is 1. The molecule has 0 unspecified atom stereocenters. The highest BCUT2D eigenvalue weighted by Gasteiger charge is 2.36. The SMILES string of the molecule is COc1ccc(N2C[C@@H](C(=O)Nc3c(C)nn(C)c3C)CC2=O)c(OC)c1. The molecule has 1 atom stereocenters. The van der Waals surface area contributed by atoms with Crippen LogP contribution in [0.4, 0.5) is 11.4 Å². The highest BCUT2D eigenvalue weighted by Crippen LogP contribution is 2.36. The maximum Gasteiger partial charge on any atom is 0.229 e. The van der Waals surface area contributed by atoms with E-state index in [1.54, 1.807) is 34.9 Å². The Morgan fingerprint density at radius 1 is 1.26 bits per heavy atom. The normalized spacial score (nSPS) is 16.6. The summed E-state index contributed by atoms with van der Waals surface area (Å²) >= 11 is 0. The van der Waals surface area contributed by atoms with Crippen LogP contribution in [0.1, 0.15) is 17.8 Å². The monoisotopic (exact) mass is 372 g/mol. The number of methoxy groups -OCH3 is 2. The van der Waals surface area contributed by atoms with E-state index in [0.29, 0.717) is 29.4 Å². The number of hydrogen-bond acceptors (Lipinski definition) is 5. The number of nitrogens with zero attached hydrogens (tertiary/aromatic N) is 3. The van der Waals surface area contributed by atoms with Gasteiger partial charge in [0.1, 0.15) is 11.5 Å². The summed E-state index contributed by atoms with van der Waals surface area (Å²) in [5.74, 6) is 0.431. The maximum absolute atomic E-state index is 12.7. The third-order valence-electron chi connectivity index (χ3n) is 4.93. The number of hydrogen-bond donors (Lipinski definition) is 1. The topological polar surface area (TPSA) is 85.7 Å². The summed E-state index contributed by atoms with van der Waals surface area (Å²) in [5.41, 5.74) is 2.96. The lowest BCUT2D eigenvalue weighted by Gasteiger charge is -2.20. The van der Waals surface area contributed by atoms with E-state index in [4.69, 9.17) is 9.47 Å². The molecule has 0 aliphatic carbocycles. The summed E-state index contributed by atoms with van der Waals surface area (Å²) in [6.07, 6.45) is 0.152. The number of ether oxygens (including phenoxy) is 2. The first-order chi connectivity index (χ1) is 12.8. The van der Waals surface area contributed by atoms with E-state index in [9.17, 15) is 9.59 Å². The number of anilines is 2. The van der Waals surface area contributed by atoms with Crippen molar-refractivity contribution in [3.63, 3.8) is 0 Å². The Morgan fingerprint density at radius 3 is 2.59 bits per heavy atom. The van der Waals surface area contributed by atoms with Crippen molar-refractivity contribution in [3.8, 4) is 11.5 Å². The molecule has 1 N–H and O–H groups in total. The molecule has 1 aliphatic rings. The first kappa shape index (κ1) is 18.8. The largest absolute Gasteiger partial charge is 0.497 e. The molecule has 1 aromatic heterocycles. The van der Waals surface area contributed by atoms with E-state index in [1.807, 2.05) is 20.9 Å². The van der Waals surface area contributed by atoms with Crippen LogP contribution in [0, 0.1) is 19.8 Å². The van der Waals surface area contributed by atoms with E-state index in [1.165, 1.54) is 7.11 Å². The molecule has 1 fully saturated rings. The molecule has 8 nitrogen and oxygen atoms in total. The van der Waals surface area contributed by atoms with Gasteiger partial charge >= 0.3 is 0 Å². The summed E-state index contributed by atoms with van der Waals surface area (Å²) < 4.78 is 12.3. The lowest BCUT2D eigenvalue weighted by Crippen LogP contribution is -2.28. The molecule has 0 spiro atoms. The van der Waals surface area contributed by atoms with Gasteiger partial charge in [0.15, 0.2) is 0 Å². The minimum Gasteiger partial charge on any atom is -0.497 e. The van der Waals surface area contributed by atoms with Crippen molar-refractivity contribution in [1.29, 1.82) is 0 Å². The van der Waals surface area contributed by atoms with Gasteiger partial charge in [-0.15, -0.1) is 0 Å². The van der Waals surface area contributed by atoms with Crippen LogP contribution in [-0.4, -0.2) is 42.4 Å². The van der Waals surface area contributed by atoms with Crippen molar-refractivity contribution in [2.24, 2.45) is 13.0 Å². The van der Waals surface area contributed by atoms with Crippen molar-refractivity contribution < 1.29 is 19.1 Å². The molecule has 2 amide bonds. The maximum atomic E-state index is 12.7.